The fourth-order valence-corrected chi connectivity index (χ4v) is 3.23. The van der Waals surface area contributed by atoms with Gasteiger partial charge in [-0.05, 0) is 18.4 Å². The third-order valence-electron chi connectivity index (χ3n) is 3.35. The second-order valence-electron chi connectivity index (χ2n) is 5.09. The second kappa shape index (κ2) is 4.78. The molecule has 2 aromatic rings. The van der Waals surface area contributed by atoms with Crippen molar-refractivity contribution in [1.82, 2.24) is 4.98 Å². The van der Waals surface area contributed by atoms with Crippen LogP contribution in [0.15, 0.2) is 24.3 Å². The van der Waals surface area contributed by atoms with E-state index < -0.39 is 0 Å². The summed E-state index contributed by atoms with van der Waals surface area (Å²) in [5.41, 5.74) is 3.61. The largest absolute Gasteiger partial charge is 0.302 e. The van der Waals surface area contributed by atoms with Crippen LogP contribution in [0.4, 0.5) is 5.13 Å². The second-order valence-corrected chi connectivity index (χ2v) is 6.18. The van der Waals surface area contributed by atoms with Gasteiger partial charge in [0.15, 0.2) is 5.13 Å². The van der Waals surface area contributed by atoms with Crippen molar-refractivity contribution < 1.29 is 4.79 Å². The summed E-state index contributed by atoms with van der Waals surface area (Å²) in [5, 5.41) is 3.62. The number of amides is 1. The van der Waals surface area contributed by atoms with Crippen LogP contribution in [0.3, 0.4) is 0 Å². The van der Waals surface area contributed by atoms with Crippen molar-refractivity contribution in [2.45, 2.75) is 26.7 Å². The van der Waals surface area contributed by atoms with Crippen LogP contribution in [0.25, 0.3) is 11.3 Å². The molecule has 1 aromatic carbocycles. The number of rotatable bonds is 2. The molecule has 0 fully saturated rings. The van der Waals surface area contributed by atoms with E-state index in [1.54, 1.807) is 11.3 Å². The molecule has 0 atom stereocenters. The van der Waals surface area contributed by atoms with E-state index in [9.17, 15) is 4.79 Å². The van der Waals surface area contributed by atoms with Gasteiger partial charge in [-0.3, -0.25) is 4.79 Å². The minimum Gasteiger partial charge on any atom is -0.302 e. The zero-order valence-electron chi connectivity index (χ0n) is 11.1. The number of anilines is 1. The van der Waals surface area contributed by atoms with Crippen LogP contribution >= 0.6 is 11.3 Å². The van der Waals surface area contributed by atoms with Gasteiger partial charge in [-0.1, -0.05) is 38.1 Å². The molecule has 3 nitrogen and oxygen atoms in total. The highest BCUT2D eigenvalue weighted by atomic mass is 32.1. The van der Waals surface area contributed by atoms with E-state index in [1.807, 2.05) is 19.9 Å². The molecule has 1 heterocycles. The Bertz CT molecular complexity index is 631. The highest BCUT2D eigenvalue weighted by Crippen LogP contribution is 2.37. The number of carbonyl (C=O) groups is 1. The van der Waals surface area contributed by atoms with E-state index >= 15 is 0 Å². The molecule has 19 heavy (non-hydrogen) atoms. The molecular formula is C15H16N2OS. The molecule has 0 unspecified atom stereocenters. The lowest BCUT2D eigenvalue weighted by Crippen LogP contribution is -2.17. The Hall–Kier alpha value is -1.68. The summed E-state index contributed by atoms with van der Waals surface area (Å²) in [7, 11) is 0. The van der Waals surface area contributed by atoms with Gasteiger partial charge >= 0.3 is 0 Å². The number of nitrogens with one attached hydrogen (secondary N) is 1. The predicted molar refractivity (Wildman–Crippen MR) is 78.4 cm³/mol. The fraction of sp³-hybridized carbons (Fsp3) is 0.333. The number of aryl methyl sites for hydroxylation is 2. The highest BCUT2D eigenvalue weighted by molar-refractivity contribution is 7.16. The Morgan fingerprint density at radius 2 is 2.11 bits per heavy atom. The first-order chi connectivity index (χ1) is 9.15. The van der Waals surface area contributed by atoms with Crippen molar-refractivity contribution in [3.8, 4) is 11.3 Å². The Kier molecular flexibility index (Phi) is 3.11. The quantitative estimate of drug-likeness (QED) is 0.909. The van der Waals surface area contributed by atoms with Gasteiger partial charge in [0.2, 0.25) is 5.91 Å². The van der Waals surface area contributed by atoms with Crippen LogP contribution in [-0.4, -0.2) is 10.9 Å². The van der Waals surface area contributed by atoms with Crippen molar-refractivity contribution >= 4 is 22.4 Å². The van der Waals surface area contributed by atoms with Crippen LogP contribution in [0.2, 0.25) is 0 Å². The molecule has 0 radical (unpaired) electrons. The number of thiazole rings is 1. The van der Waals surface area contributed by atoms with Crippen molar-refractivity contribution in [2.24, 2.45) is 5.92 Å². The summed E-state index contributed by atoms with van der Waals surface area (Å²) >= 11 is 1.60. The normalized spacial score (nSPS) is 13.0. The van der Waals surface area contributed by atoms with Crippen molar-refractivity contribution in [2.75, 3.05) is 5.32 Å². The van der Waals surface area contributed by atoms with Crippen LogP contribution < -0.4 is 5.32 Å². The molecular weight excluding hydrogens is 256 g/mol. The lowest BCUT2D eigenvalue weighted by Gasteiger charge is -2.13. The lowest BCUT2D eigenvalue weighted by molar-refractivity contribution is -0.118. The first-order valence-corrected chi connectivity index (χ1v) is 7.35. The zero-order valence-corrected chi connectivity index (χ0v) is 11.9. The van der Waals surface area contributed by atoms with Crippen LogP contribution in [-0.2, 0) is 17.6 Å². The molecule has 1 aliphatic carbocycles. The van der Waals surface area contributed by atoms with Crippen molar-refractivity contribution in [3.63, 3.8) is 0 Å². The van der Waals surface area contributed by atoms with Gasteiger partial charge in [-0.15, -0.1) is 11.3 Å². The number of hydrogen-bond acceptors (Lipinski definition) is 3. The molecule has 1 amide bonds. The Morgan fingerprint density at radius 1 is 1.32 bits per heavy atom. The fourth-order valence-electron chi connectivity index (χ4n) is 2.25. The molecule has 3 rings (SSSR count). The monoisotopic (exact) mass is 272 g/mol. The Morgan fingerprint density at radius 3 is 2.89 bits per heavy atom. The van der Waals surface area contributed by atoms with E-state index in [1.165, 1.54) is 16.0 Å². The maximum Gasteiger partial charge on any atom is 0.228 e. The maximum absolute atomic E-state index is 11.7. The van der Waals surface area contributed by atoms with Crippen LogP contribution in [0.5, 0.6) is 0 Å². The van der Waals surface area contributed by atoms with E-state index in [0.29, 0.717) is 0 Å². The average molecular weight is 272 g/mol. The van der Waals surface area contributed by atoms with E-state index in [4.69, 9.17) is 0 Å². The first kappa shape index (κ1) is 12.4. The third kappa shape index (κ3) is 2.28. The molecule has 1 aromatic heterocycles. The molecule has 0 saturated carbocycles. The molecule has 98 valence electrons. The number of hydrogen-bond donors (Lipinski definition) is 1. The van der Waals surface area contributed by atoms with Crippen LogP contribution in [0.1, 0.15) is 24.3 Å². The number of aromatic nitrogens is 1. The maximum atomic E-state index is 11.7. The molecule has 0 bridgehead atoms. The molecule has 4 heteroatoms. The minimum atomic E-state index is -0.0202. The molecule has 1 N–H and O–H groups in total. The SMILES string of the molecule is CC(C)C(=O)Nc1nc2c(s1)CCc1ccccc1-2. The summed E-state index contributed by atoms with van der Waals surface area (Å²) in [5.74, 6) is 0.00703. The number of benzene rings is 1. The lowest BCUT2D eigenvalue weighted by atomic mass is 9.94. The molecule has 1 aliphatic rings. The molecule has 0 saturated heterocycles. The molecule has 0 spiro atoms. The first-order valence-electron chi connectivity index (χ1n) is 6.54. The third-order valence-corrected chi connectivity index (χ3v) is 4.38. The molecule has 0 aliphatic heterocycles. The number of nitrogens with zero attached hydrogens (tertiary/aromatic N) is 1. The number of fused-ring (bicyclic) bond motifs is 3. The zero-order chi connectivity index (χ0) is 13.4. The summed E-state index contributed by atoms with van der Waals surface area (Å²) in [6.45, 7) is 3.77. The van der Waals surface area contributed by atoms with E-state index in [0.717, 1.165) is 23.7 Å². The average Bonchev–Trinajstić information content (AvgIpc) is 2.81. The van der Waals surface area contributed by atoms with Gasteiger partial charge in [0, 0.05) is 16.4 Å². The number of carbonyl (C=O) groups excluding carboxylic acids is 1. The van der Waals surface area contributed by atoms with Crippen molar-refractivity contribution in [3.05, 3.63) is 34.7 Å². The van der Waals surface area contributed by atoms with Crippen molar-refractivity contribution in [1.29, 1.82) is 0 Å². The summed E-state index contributed by atoms with van der Waals surface area (Å²) < 4.78 is 0. The van der Waals surface area contributed by atoms with Gasteiger partial charge in [0.25, 0.3) is 0 Å². The highest BCUT2D eigenvalue weighted by Gasteiger charge is 2.21. The summed E-state index contributed by atoms with van der Waals surface area (Å²) in [6.07, 6.45) is 2.07. The smallest absolute Gasteiger partial charge is 0.228 e. The van der Waals surface area contributed by atoms with Gasteiger partial charge in [-0.2, -0.15) is 0 Å². The van der Waals surface area contributed by atoms with E-state index in [-0.39, 0.29) is 11.8 Å². The topological polar surface area (TPSA) is 42.0 Å². The van der Waals surface area contributed by atoms with Gasteiger partial charge in [0.1, 0.15) is 0 Å². The Balaban J connectivity index is 1.95. The standard InChI is InChI=1S/C15H16N2OS/c1-9(2)14(18)17-15-16-13-11-6-4-3-5-10(11)7-8-12(13)19-15/h3-6,9H,7-8H2,1-2H3,(H,16,17,18). The minimum absolute atomic E-state index is 0.0202. The van der Waals surface area contributed by atoms with Gasteiger partial charge < -0.3 is 5.32 Å². The van der Waals surface area contributed by atoms with Gasteiger partial charge in [0.05, 0.1) is 5.69 Å². The predicted octanol–water partition coefficient (Wildman–Crippen LogP) is 3.50. The Labute approximate surface area is 116 Å². The summed E-state index contributed by atoms with van der Waals surface area (Å²) in [4.78, 5) is 17.6. The van der Waals surface area contributed by atoms with Crippen LogP contribution in [0, 0.1) is 5.92 Å². The summed E-state index contributed by atoms with van der Waals surface area (Å²) in [6, 6.07) is 8.38. The van der Waals surface area contributed by atoms with E-state index in [2.05, 4.69) is 28.5 Å². The van der Waals surface area contributed by atoms with Gasteiger partial charge in [-0.25, -0.2) is 4.98 Å².